The molecule has 5 N–H and O–H groups in total. The van der Waals surface area contributed by atoms with Crippen molar-refractivity contribution in [3.63, 3.8) is 0 Å². The Kier molecular flexibility index (Phi) is 5.14. The maximum atomic E-state index is 9.89. The topological polar surface area (TPSA) is 101 Å². The molecule has 6 heteroatoms. The van der Waals surface area contributed by atoms with Gasteiger partial charge < -0.3 is 26.0 Å². The summed E-state index contributed by atoms with van der Waals surface area (Å²) >= 11 is 0. The first kappa shape index (κ1) is 13.7. The summed E-state index contributed by atoms with van der Waals surface area (Å²) in [7, 11) is 3.25. The van der Waals surface area contributed by atoms with E-state index in [-0.39, 0.29) is 0 Å². The van der Waals surface area contributed by atoms with E-state index in [4.69, 9.17) is 10.5 Å². The minimum atomic E-state index is -0.996. The molecule has 96 valence electrons. The van der Waals surface area contributed by atoms with E-state index in [1.54, 1.807) is 13.1 Å². The van der Waals surface area contributed by atoms with E-state index in [1.165, 1.54) is 13.3 Å². The third-order valence-corrected chi connectivity index (χ3v) is 2.49. The van der Waals surface area contributed by atoms with Crippen molar-refractivity contribution in [2.24, 2.45) is 0 Å². The van der Waals surface area contributed by atoms with Gasteiger partial charge in [-0.2, -0.15) is 0 Å². The molecule has 0 aliphatic carbocycles. The molecule has 2 atom stereocenters. The number of anilines is 1. The van der Waals surface area contributed by atoms with Gasteiger partial charge >= 0.3 is 0 Å². The van der Waals surface area contributed by atoms with E-state index in [2.05, 4.69) is 10.3 Å². The monoisotopic (exact) mass is 241 g/mol. The molecule has 0 aliphatic heterocycles. The Morgan fingerprint density at radius 3 is 2.76 bits per heavy atom. The lowest BCUT2D eigenvalue weighted by molar-refractivity contribution is 0.0138. The molecule has 1 aromatic heterocycles. The molecule has 17 heavy (non-hydrogen) atoms. The second-order valence-corrected chi connectivity index (χ2v) is 3.77. The standard InChI is InChI=1S/C11H19N3O3/c1-13-4-3-9(15)10(16)7-5-8(12)11(17-2)14-6-7/h5-6,9-10,13,15-16H,3-4,12H2,1-2H3. The fraction of sp³-hybridized carbons (Fsp3) is 0.545. The number of nitrogens with one attached hydrogen (secondary N) is 1. The largest absolute Gasteiger partial charge is 0.480 e. The highest BCUT2D eigenvalue weighted by Crippen LogP contribution is 2.24. The average molecular weight is 241 g/mol. The third-order valence-electron chi connectivity index (χ3n) is 2.49. The number of nitrogens with two attached hydrogens (primary N) is 1. The lowest BCUT2D eigenvalue weighted by Crippen LogP contribution is -2.23. The molecule has 1 heterocycles. The Bertz CT molecular complexity index is 360. The summed E-state index contributed by atoms with van der Waals surface area (Å²) in [5, 5.41) is 22.5. The van der Waals surface area contributed by atoms with Crippen molar-refractivity contribution >= 4 is 5.69 Å². The van der Waals surface area contributed by atoms with E-state index in [0.717, 1.165) is 0 Å². The van der Waals surface area contributed by atoms with Crippen molar-refractivity contribution < 1.29 is 14.9 Å². The highest BCUT2D eigenvalue weighted by Gasteiger charge is 2.19. The van der Waals surface area contributed by atoms with Crippen molar-refractivity contribution in [2.75, 3.05) is 26.4 Å². The van der Waals surface area contributed by atoms with Crippen LogP contribution in [0.5, 0.6) is 5.88 Å². The number of aliphatic hydroxyl groups excluding tert-OH is 2. The van der Waals surface area contributed by atoms with Gasteiger partial charge in [0.05, 0.1) is 18.9 Å². The van der Waals surface area contributed by atoms with Crippen molar-refractivity contribution in [3.8, 4) is 5.88 Å². The quantitative estimate of drug-likeness (QED) is 0.544. The van der Waals surface area contributed by atoms with Crippen LogP contribution in [0.3, 0.4) is 0 Å². The van der Waals surface area contributed by atoms with E-state index in [9.17, 15) is 10.2 Å². The Labute approximate surface area is 100 Å². The first-order valence-electron chi connectivity index (χ1n) is 5.40. The van der Waals surface area contributed by atoms with Crippen LogP contribution in [0.15, 0.2) is 12.3 Å². The van der Waals surface area contributed by atoms with E-state index < -0.39 is 12.2 Å². The predicted octanol–water partition coefficient (Wildman–Crippen LogP) is -0.324. The minimum absolute atomic E-state index is 0.311. The SMILES string of the molecule is CNCCC(O)C(O)c1cnc(OC)c(N)c1. The number of ether oxygens (including phenoxy) is 1. The molecule has 0 radical (unpaired) electrons. The molecule has 2 unspecified atom stereocenters. The lowest BCUT2D eigenvalue weighted by Gasteiger charge is -2.18. The summed E-state index contributed by atoms with van der Waals surface area (Å²) in [5.74, 6) is 0.311. The van der Waals surface area contributed by atoms with E-state index >= 15 is 0 Å². The first-order valence-corrected chi connectivity index (χ1v) is 5.40. The second-order valence-electron chi connectivity index (χ2n) is 3.77. The van der Waals surface area contributed by atoms with Gasteiger partial charge in [0.1, 0.15) is 6.10 Å². The van der Waals surface area contributed by atoms with Gasteiger partial charge in [-0.1, -0.05) is 0 Å². The zero-order valence-electron chi connectivity index (χ0n) is 10.1. The zero-order chi connectivity index (χ0) is 12.8. The number of nitrogen functional groups attached to an aromatic ring is 1. The maximum Gasteiger partial charge on any atom is 0.236 e. The van der Waals surface area contributed by atoms with Gasteiger partial charge in [-0.3, -0.25) is 0 Å². The first-order chi connectivity index (χ1) is 8.10. The number of hydrogen-bond acceptors (Lipinski definition) is 6. The van der Waals surface area contributed by atoms with Crippen molar-refractivity contribution in [3.05, 3.63) is 17.8 Å². The van der Waals surface area contributed by atoms with Crippen LogP contribution >= 0.6 is 0 Å². The molecule has 6 nitrogen and oxygen atoms in total. The van der Waals surface area contributed by atoms with Gasteiger partial charge in [0, 0.05) is 11.8 Å². The molecule has 0 bridgehead atoms. The molecular weight excluding hydrogens is 222 g/mol. The number of nitrogens with zero attached hydrogens (tertiary/aromatic N) is 1. The summed E-state index contributed by atoms with van der Waals surface area (Å²) in [5.41, 5.74) is 6.49. The molecular formula is C11H19N3O3. The number of rotatable bonds is 6. The fourth-order valence-corrected chi connectivity index (χ4v) is 1.49. The Morgan fingerprint density at radius 2 is 2.24 bits per heavy atom. The smallest absolute Gasteiger partial charge is 0.236 e. The van der Waals surface area contributed by atoms with Gasteiger partial charge in [-0.25, -0.2) is 4.98 Å². The number of aromatic nitrogens is 1. The summed E-state index contributed by atoms with van der Waals surface area (Å²) in [6.07, 6.45) is 0.0487. The molecule has 0 amide bonds. The molecule has 0 fully saturated rings. The van der Waals surface area contributed by atoms with Crippen LogP contribution in [0.25, 0.3) is 0 Å². The van der Waals surface area contributed by atoms with Gasteiger partial charge in [-0.05, 0) is 26.1 Å². The molecule has 0 saturated heterocycles. The van der Waals surface area contributed by atoms with Crippen LogP contribution in [-0.2, 0) is 0 Å². The summed E-state index contributed by atoms with van der Waals surface area (Å²) in [6, 6.07) is 1.55. The van der Waals surface area contributed by atoms with Crippen LogP contribution in [0.2, 0.25) is 0 Å². The molecule has 0 aliphatic rings. The van der Waals surface area contributed by atoms with Crippen molar-refractivity contribution in [1.29, 1.82) is 0 Å². The summed E-state index contributed by atoms with van der Waals surface area (Å²) in [4.78, 5) is 3.95. The number of hydrogen-bond donors (Lipinski definition) is 4. The van der Waals surface area contributed by atoms with Gasteiger partial charge in [-0.15, -0.1) is 0 Å². The van der Waals surface area contributed by atoms with Gasteiger partial charge in [0.2, 0.25) is 5.88 Å². The van der Waals surface area contributed by atoms with Gasteiger partial charge in [0.25, 0.3) is 0 Å². The van der Waals surface area contributed by atoms with Crippen LogP contribution in [-0.4, -0.2) is 42.0 Å². The molecule has 0 spiro atoms. The normalized spacial score (nSPS) is 14.4. The van der Waals surface area contributed by atoms with Crippen LogP contribution < -0.4 is 15.8 Å². The number of aliphatic hydroxyl groups is 2. The Balaban J connectivity index is 2.74. The Hall–Kier alpha value is -1.37. The Morgan fingerprint density at radius 1 is 1.53 bits per heavy atom. The van der Waals surface area contributed by atoms with Crippen molar-refractivity contribution in [1.82, 2.24) is 10.3 Å². The fourth-order valence-electron chi connectivity index (χ4n) is 1.49. The molecule has 1 aromatic rings. The average Bonchev–Trinajstić information content (AvgIpc) is 2.34. The maximum absolute atomic E-state index is 9.89. The zero-order valence-corrected chi connectivity index (χ0v) is 10.1. The van der Waals surface area contributed by atoms with E-state index in [0.29, 0.717) is 30.1 Å². The summed E-state index contributed by atoms with van der Waals surface area (Å²) < 4.78 is 4.91. The van der Waals surface area contributed by atoms with E-state index in [1.807, 2.05) is 0 Å². The molecule has 0 saturated carbocycles. The molecule has 0 aromatic carbocycles. The molecule has 1 rings (SSSR count). The second kappa shape index (κ2) is 6.39. The highest BCUT2D eigenvalue weighted by molar-refractivity contribution is 5.49. The van der Waals surface area contributed by atoms with Crippen molar-refractivity contribution in [2.45, 2.75) is 18.6 Å². The van der Waals surface area contributed by atoms with Crippen LogP contribution in [0.4, 0.5) is 5.69 Å². The predicted molar refractivity (Wildman–Crippen MR) is 64.7 cm³/mol. The van der Waals surface area contributed by atoms with Crippen LogP contribution in [0, 0.1) is 0 Å². The summed E-state index contributed by atoms with van der Waals surface area (Å²) in [6.45, 7) is 0.622. The van der Waals surface area contributed by atoms with Gasteiger partial charge in [0.15, 0.2) is 0 Å². The number of pyridine rings is 1. The highest BCUT2D eigenvalue weighted by atomic mass is 16.5. The third kappa shape index (κ3) is 3.55. The minimum Gasteiger partial charge on any atom is -0.480 e. The van der Waals surface area contributed by atoms with Crippen LogP contribution in [0.1, 0.15) is 18.1 Å². The number of methoxy groups -OCH3 is 1. The lowest BCUT2D eigenvalue weighted by atomic mass is 10.0.